The van der Waals surface area contributed by atoms with Crippen LogP contribution in [0.1, 0.15) is 49.7 Å². The van der Waals surface area contributed by atoms with E-state index < -0.39 is 5.97 Å². The number of hydrogen-bond acceptors (Lipinski definition) is 7. The van der Waals surface area contributed by atoms with Crippen molar-refractivity contribution in [3.05, 3.63) is 46.6 Å². The van der Waals surface area contributed by atoms with E-state index in [1.165, 1.54) is 6.07 Å². The largest absolute Gasteiger partial charge is 0.462 e. The topological polar surface area (TPSA) is 106 Å². The fraction of sp³-hybridized carbons (Fsp3) is 0.421. The van der Waals surface area contributed by atoms with Crippen LogP contribution in [0.5, 0.6) is 0 Å². The number of carbonyl (C=O) groups excluding carboxylic acids is 3. The van der Waals surface area contributed by atoms with Crippen LogP contribution in [-0.2, 0) is 4.74 Å². The zero-order valence-corrected chi connectivity index (χ0v) is 16.1. The van der Waals surface area contributed by atoms with Crippen molar-refractivity contribution in [2.24, 2.45) is 0 Å². The van der Waals surface area contributed by atoms with Gasteiger partial charge in [-0.2, -0.15) is 0 Å². The van der Waals surface area contributed by atoms with Crippen molar-refractivity contribution in [1.29, 1.82) is 0 Å². The highest BCUT2D eigenvalue weighted by atomic mass is 16.5. The Kier molecular flexibility index (Phi) is 5.72. The lowest BCUT2D eigenvalue weighted by Crippen LogP contribution is -2.50. The molecule has 0 bridgehead atoms. The minimum Gasteiger partial charge on any atom is -0.462 e. The molecule has 3 rings (SSSR count). The second-order valence-corrected chi connectivity index (χ2v) is 6.47. The lowest BCUT2D eigenvalue weighted by Gasteiger charge is -2.34. The predicted molar refractivity (Wildman–Crippen MR) is 98.0 cm³/mol. The molecule has 0 spiro atoms. The number of esters is 1. The molecule has 28 heavy (non-hydrogen) atoms. The van der Waals surface area contributed by atoms with Crippen LogP contribution in [0.2, 0.25) is 0 Å². The number of hydrogen-bond donors (Lipinski definition) is 0. The highest BCUT2D eigenvalue weighted by Crippen LogP contribution is 2.14. The lowest BCUT2D eigenvalue weighted by atomic mass is 10.1. The average molecular weight is 386 g/mol. The molecule has 1 aliphatic rings. The van der Waals surface area contributed by atoms with E-state index in [2.05, 4.69) is 10.1 Å². The Labute approximate surface area is 162 Å². The number of rotatable bonds is 4. The number of nitrogens with zero attached hydrogens (tertiary/aromatic N) is 4. The highest BCUT2D eigenvalue weighted by Gasteiger charge is 2.28. The molecule has 148 valence electrons. The minimum atomic E-state index is -0.457. The van der Waals surface area contributed by atoms with Crippen molar-refractivity contribution in [3.8, 4) is 0 Å². The first-order chi connectivity index (χ1) is 13.4. The van der Waals surface area contributed by atoms with Crippen LogP contribution >= 0.6 is 0 Å². The molecule has 0 aliphatic carbocycles. The second-order valence-electron chi connectivity index (χ2n) is 6.47. The fourth-order valence-corrected chi connectivity index (χ4v) is 3.00. The van der Waals surface area contributed by atoms with Gasteiger partial charge in [0.1, 0.15) is 5.69 Å². The predicted octanol–water partition coefficient (Wildman–Crippen LogP) is 1.46. The van der Waals surface area contributed by atoms with Crippen LogP contribution in [0.3, 0.4) is 0 Å². The van der Waals surface area contributed by atoms with Gasteiger partial charge in [-0.05, 0) is 32.9 Å². The SMILES string of the molecule is CCOC(=O)c1ccc(C(=O)N2CCN(C(=O)c3cc(C)no3)CC2)nc1C. The van der Waals surface area contributed by atoms with E-state index >= 15 is 0 Å². The number of amides is 2. The monoisotopic (exact) mass is 386 g/mol. The van der Waals surface area contributed by atoms with Crippen LogP contribution in [0.15, 0.2) is 22.7 Å². The standard InChI is InChI=1S/C19H22N4O5/c1-4-27-19(26)14-5-6-15(20-13(14)3)17(24)22-7-9-23(10-8-22)18(25)16-11-12(2)21-28-16/h5-6,11H,4,7-10H2,1-3H3. The Morgan fingerprint density at radius 1 is 1.07 bits per heavy atom. The summed E-state index contributed by atoms with van der Waals surface area (Å²) < 4.78 is 9.99. The van der Waals surface area contributed by atoms with Gasteiger partial charge in [0.15, 0.2) is 0 Å². The summed E-state index contributed by atoms with van der Waals surface area (Å²) in [5.74, 6) is -0.730. The molecule has 1 aliphatic heterocycles. The van der Waals surface area contributed by atoms with Gasteiger partial charge < -0.3 is 19.1 Å². The number of pyridine rings is 1. The highest BCUT2D eigenvalue weighted by molar-refractivity contribution is 5.95. The summed E-state index contributed by atoms with van der Waals surface area (Å²) in [6, 6.07) is 4.67. The molecule has 0 unspecified atom stereocenters. The molecule has 1 fully saturated rings. The molecule has 9 heteroatoms. The molecule has 1 saturated heterocycles. The number of ether oxygens (including phenoxy) is 1. The van der Waals surface area contributed by atoms with Gasteiger partial charge in [0.2, 0.25) is 5.76 Å². The molecule has 0 saturated carbocycles. The van der Waals surface area contributed by atoms with E-state index in [4.69, 9.17) is 9.26 Å². The van der Waals surface area contributed by atoms with Gasteiger partial charge in [-0.1, -0.05) is 5.16 Å². The summed E-state index contributed by atoms with van der Waals surface area (Å²) in [6.45, 7) is 6.98. The van der Waals surface area contributed by atoms with E-state index in [1.54, 1.807) is 42.7 Å². The van der Waals surface area contributed by atoms with Crippen molar-refractivity contribution in [3.63, 3.8) is 0 Å². The molecular weight excluding hydrogens is 364 g/mol. The van der Waals surface area contributed by atoms with Crippen LogP contribution in [0.4, 0.5) is 0 Å². The Morgan fingerprint density at radius 2 is 1.71 bits per heavy atom. The van der Waals surface area contributed by atoms with Crippen molar-refractivity contribution >= 4 is 17.8 Å². The zero-order valence-electron chi connectivity index (χ0n) is 16.1. The molecule has 9 nitrogen and oxygen atoms in total. The Hall–Kier alpha value is -3.23. The van der Waals surface area contributed by atoms with Crippen molar-refractivity contribution in [2.45, 2.75) is 20.8 Å². The van der Waals surface area contributed by atoms with E-state index in [9.17, 15) is 14.4 Å². The van der Waals surface area contributed by atoms with E-state index in [-0.39, 0.29) is 29.9 Å². The first-order valence-corrected chi connectivity index (χ1v) is 9.07. The minimum absolute atomic E-state index is 0.198. The summed E-state index contributed by atoms with van der Waals surface area (Å²) in [5, 5.41) is 3.73. The zero-order chi connectivity index (χ0) is 20.3. The number of aryl methyl sites for hydroxylation is 2. The van der Waals surface area contributed by atoms with E-state index in [1.807, 2.05) is 0 Å². The number of aromatic nitrogens is 2. The van der Waals surface area contributed by atoms with Crippen LogP contribution < -0.4 is 0 Å². The van der Waals surface area contributed by atoms with Gasteiger partial charge in [0.25, 0.3) is 11.8 Å². The third kappa shape index (κ3) is 4.03. The molecule has 0 atom stereocenters. The summed E-state index contributed by atoms with van der Waals surface area (Å²) in [7, 11) is 0. The average Bonchev–Trinajstić information content (AvgIpc) is 3.13. The van der Waals surface area contributed by atoms with Gasteiger partial charge in [0, 0.05) is 32.2 Å². The fourth-order valence-electron chi connectivity index (χ4n) is 3.00. The first kappa shape index (κ1) is 19.5. The normalized spacial score (nSPS) is 14.1. The Balaban J connectivity index is 1.63. The molecule has 2 aromatic heterocycles. The van der Waals surface area contributed by atoms with E-state index in [0.717, 1.165) is 0 Å². The Morgan fingerprint density at radius 3 is 2.25 bits per heavy atom. The maximum atomic E-state index is 12.7. The Bertz CT molecular complexity index is 899. The van der Waals surface area contributed by atoms with Crippen LogP contribution in [0, 0.1) is 13.8 Å². The maximum absolute atomic E-state index is 12.7. The summed E-state index contributed by atoms with van der Waals surface area (Å²) in [6.07, 6.45) is 0. The van der Waals surface area contributed by atoms with Crippen molar-refractivity contribution < 1.29 is 23.6 Å². The summed E-state index contributed by atoms with van der Waals surface area (Å²) in [4.78, 5) is 44.5. The number of piperazine rings is 1. The maximum Gasteiger partial charge on any atom is 0.339 e. The molecule has 2 aromatic rings. The van der Waals surface area contributed by atoms with Gasteiger partial charge in [-0.15, -0.1) is 0 Å². The summed E-state index contributed by atoms with van der Waals surface area (Å²) >= 11 is 0. The molecule has 3 heterocycles. The van der Waals surface area contributed by atoms with Crippen LogP contribution in [-0.4, -0.2) is 70.5 Å². The van der Waals surface area contributed by atoms with Gasteiger partial charge in [-0.25, -0.2) is 9.78 Å². The molecule has 0 N–H and O–H groups in total. The van der Waals surface area contributed by atoms with Gasteiger partial charge >= 0.3 is 5.97 Å². The molecular formula is C19H22N4O5. The van der Waals surface area contributed by atoms with Crippen molar-refractivity contribution in [2.75, 3.05) is 32.8 Å². The van der Waals surface area contributed by atoms with Gasteiger partial charge in [-0.3, -0.25) is 9.59 Å². The smallest absolute Gasteiger partial charge is 0.339 e. The molecule has 0 radical (unpaired) electrons. The third-order valence-electron chi connectivity index (χ3n) is 4.49. The quantitative estimate of drug-likeness (QED) is 0.732. The van der Waals surface area contributed by atoms with Crippen molar-refractivity contribution in [1.82, 2.24) is 19.9 Å². The van der Waals surface area contributed by atoms with Crippen LogP contribution in [0.25, 0.3) is 0 Å². The lowest BCUT2D eigenvalue weighted by molar-refractivity contribution is 0.0508. The first-order valence-electron chi connectivity index (χ1n) is 9.07. The summed E-state index contributed by atoms with van der Waals surface area (Å²) in [5.41, 5.74) is 1.69. The van der Waals surface area contributed by atoms with E-state index in [0.29, 0.717) is 43.1 Å². The molecule has 2 amide bonds. The second kappa shape index (κ2) is 8.20. The number of carbonyl (C=O) groups is 3. The third-order valence-corrected chi connectivity index (χ3v) is 4.49. The van der Waals surface area contributed by atoms with Gasteiger partial charge in [0.05, 0.1) is 23.6 Å². The molecule has 0 aromatic carbocycles.